The van der Waals surface area contributed by atoms with Gasteiger partial charge in [-0.25, -0.2) is 0 Å². The summed E-state index contributed by atoms with van der Waals surface area (Å²) >= 11 is 0. The Bertz CT molecular complexity index is 519. The lowest BCUT2D eigenvalue weighted by Crippen LogP contribution is -2.57. The molecule has 0 aromatic carbocycles. The maximum atomic E-state index is 7.23. The third-order valence-electron chi connectivity index (χ3n) is 10.7. The summed E-state index contributed by atoms with van der Waals surface area (Å²) in [6.45, 7) is 14.1. The third kappa shape index (κ3) is 5.91. The summed E-state index contributed by atoms with van der Waals surface area (Å²) in [7, 11) is -0.536. The van der Waals surface area contributed by atoms with E-state index in [2.05, 4.69) is 41.5 Å². The summed E-state index contributed by atoms with van der Waals surface area (Å²) < 4.78 is 21.7. The zero-order valence-corrected chi connectivity index (χ0v) is 23.8. The normalized spacial score (nSPS) is 39.2. The van der Waals surface area contributed by atoms with Gasteiger partial charge in [0, 0.05) is 0 Å². The SMILES string of the molecule is CCC1CCCCC1(CC)OB(OC1(CC)CCCCC1CC)OC1(CC)CCCCC1CC. The van der Waals surface area contributed by atoms with Crippen LogP contribution >= 0.6 is 0 Å². The molecule has 3 fully saturated rings. The third-order valence-corrected chi connectivity index (χ3v) is 10.7. The first kappa shape index (κ1) is 28.5. The average molecular weight is 477 g/mol. The molecule has 0 N–H and O–H groups in total. The van der Waals surface area contributed by atoms with Crippen LogP contribution in [0.5, 0.6) is 0 Å². The van der Waals surface area contributed by atoms with E-state index in [0.717, 1.165) is 38.5 Å². The summed E-state index contributed by atoms with van der Waals surface area (Å²) in [5.41, 5.74) is -0.309. The molecule has 0 aromatic heterocycles. The predicted octanol–water partition coefficient (Wildman–Crippen LogP) is 9.27. The second kappa shape index (κ2) is 13.0. The van der Waals surface area contributed by atoms with E-state index in [0.29, 0.717) is 17.8 Å². The summed E-state index contributed by atoms with van der Waals surface area (Å²) in [6.07, 6.45) is 21.8. The topological polar surface area (TPSA) is 27.7 Å². The van der Waals surface area contributed by atoms with Gasteiger partial charge < -0.3 is 14.0 Å². The summed E-state index contributed by atoms with van der Waals surface area (Å²) in [5.74, 6) is 1.83. The highest BCUT2D eigenvalue weighted by Gasteiger charge is 2.52. The smallest absolute Gasteiger partial charge is 0.380 e. The maximum absolute atomic E-state index is 7.23. The van der Waals surface area contributed by atoms with Gasteiger partial charge in [0.25, 0.3) is 0 Å². The molecule has 0 bridgehead atoms. The molecular weight excluding hydrogens is 419 g/mol. The Balaban J connectivity index is 1.95. The van der Waals surface area contributed by atoms with Crippen molar-refractivity contribution in [2.24, 2.45) is 17.8 Å². The predicted molar refractivity (Wildman–Crippen MR) is 145 cm³/mol. The van der Waals surface area contributed by atoms with Crippen LogP contribution in [0.4, 0.5) is 0 Å². The molecule has 6 unspecified atom stereocenters. The Morgan fingerprint density at radius 1 is 0.500 bits per heavy atom. The molecule has 0 saturated heterocycles. The lowest BCUT2D eigenvalue weighted by molar-refractivity contribution is -0.153. The van der Waals surface area contributed by atoms with E-state index < -0.39 is 7.32 Å². The van der Waals surface area contributed by atoms with Gasteiger partial charge in [-0.2, -0.15) is 0 Å². The van der Waals surface area contributed by atoms with Gasteiger partial charge in [0.05, 0.1) is 16.8 Å². The minimum Gasteiger partial charge on any atom is -0.380 e. The van der Waals surface area contributed by atoms with Crippen molar-refractivity contribution >= 4 is 7.32 Å². The molecule has 4 heteroatoms. The first-order valence-corrected chi connectivity index (χ1v) is 15.5. The molecule has 0 spiro atoms. The second-order valence-electron chi connectivity index (χ2n) is 12.0. The van der Waals surface area contributed by atoms with Crippen LogP contribution in [0.2, 0.25) is 0 Å². The molecule has 0 aromatic rings. The molecule has 0 radical (unpaired) electrons. The highest BCUT2D eigenvalue weighted by Crippen LogP contribution is 2.48. The van der Waals surface area contributed by atoms with Gasteiger partial charge in [0.1, 0.15) is 0 Å². The van der Waals surface area contributed by atoms with Gasteiger partial charge in [-0.05, 0) is 75.5 Å². The van der Waals surface area contributed by atoms with Crippen molar-refractivity contribution in [2.75, 3.05) is 0 Å². The van der Waals surface area contributed by atoms with Crippen LogP contribution in [0, 0.1) is 17.8 Å². The lowest BCUT2D eigenvalue weighted by atomic mass is 9.69. The molecule has 6 atom stereocenters. The fourth-order valence-corrected chi connectivity index (χ4v) is 8.33. The molecule has 3 aliphatic rings. The molecule has 3 nitrogen and oxygen atoms in total. The lowest BCUT2D eigenvalue weighted by Gasteiger charge is -2.51. The molecular formula is C30H57BO3. The van der Waals surface area contributed by atoms with E-state index in [-0.39, 0.29) is 16.8 Å². The quantitative estimate of drug-likeness (QED) is 0.263. The van der Waals surface area contributed by atoms with Crippen LogP contribution < -0.4 is 0 Å². The fourth-order valence-electron chi connectivity index (χ4n) is 8.33. The standard InChI is InChI=1S/C30H57BO3/c1-7-25-19-13-16-22-28(25,10-4)32-31(33-29(11-5)23-17-14-20-26(29)8-2)34-30(12-6)24-18-15-21-27(30)9-3/h25-27H,7-24H2,1-6H3. The van der Waals surface area contributed by atoms with Crippen molar-refractivity contribution in [1.29, 1.82) is 0 Å². The van der Waals surface area contributed by atoms with Gasteiger partial charge >= 0.3 is 7.32 Å². The van der Waals surface area contributed by atoms with Crippen molar-refractivity contribution in [3.63, 3.8) is 0 Å². The summed E-state index contributed by atoms with van der Waals surface area (Å²) in [5, 5.41) is 0. The molecule has 34 heavy (non-hydrogen) atoms. The van der Waals surface area contributed by atoms with Crippen molar-refractivity contribution < 1.29 is 14.0 Å². The van der Waals surface area contributed by atoms with Crippen molar-refractivity contribution in [1.82, 2.24) is 0 Å². The minimum absolute atomic E-state index is 0.103. The minimum atomic E-state index is -0.536. The molecule has 0 amide bonds. The first-order valence-electron chi connectivity index (χ1n) is 15.5. The molecule has 0 aliphatic heterocycles. The fraction of sp³-hybridized carbons (Fsp3) is 1.00. The number of hydrogen-bond donors (Lipinski definition) is 0. The van der Waals surface area contributed by atoms with Crippen LogP contribution in [0.3, 0.4) is 0 Å². The van der Waals surface area contributed by atoms with Crippen LogP contribution in [-0.2, 0) is 14.0 Å². The Labute approximate surface area is 213 Å². The van der Waals surface area contributed by atoms with Gasteiger partial charge in [-0.1, -0.05) is 99.3 Å². The monoisotopic (exact) mass is 476 g/mol. The van der Waals surface area contributed by atoms with Crippen LogP contribution in [0.1, 0.15) is 157 Å². The van der Waals surface area contributed by atoms with Crippen LogP contribution in [0.25, 0.3) is 0 Å². The van der Waals surface area contributed by atoms with E-state index >= 15 is 0 Å². The summed E-state index contributed by atoms with van der Waals surface area (Å²) in [4.78, 5) is 0. The molecule has 198 valence electrons. The van der Waals surface area contributed by atoms with Crippen molar-refractivity contribution in [3.8, 4) is 0 Å². The molecule has 0 heterocycles. The molecule has 3 saturated carbocycles. The Morgan fingerprint density at radius 3 is 1.03 bits per heavy atom. The second-order valence-corrected chi connectivity index (χ2v) is 12.0. The van der Waals surface area contributed by atoms with Crippen molar-refractivity contribution in [2.45, 2.75) is 174 Å². The number of rotatable bonds is 12. The Hall–Kier alpha value is -0.0551. The highest BCUT2D eigenvalue weighted by molar-refractivity contribution is 6.37. The van der Waals surface area contributed by atoms with E-state index in [1.807, 2.05) is 0 Å². The van der Waals surface area contributed by atoms with Gasteiger partial charge in [0.2, 0.25) is 0 Å². The van der Waals surface area contributed by atoms with E-state index in [1.165, 1.54) is 77.0 Å². The first-order chi connectivity index (χ1) is 16.5. The zero-order chi connectivity index (χ0) is 24.7. The van der Waals surface area contributed by atoms with Crippen LogP contribution in [0.15, 0.2) is 0 Å². The van der Waals surface area contributed by atoms with Gasteiger partial charge in [-0.3, -0.25) is 0 Å². The van der Waals surface area contributed by atoms with E-state index in [4.69, 9.17) is 14.0 Å². The van der Waals surface area contributed by atoms with Gasteiger partial charge in [0.15, 0.2) is 0 Å². The maximum Gasteiger partial charge on any atom is 0.640 e. The van der Waals surface area contributed by atoms with E-state index in [9.17, 15) is 0 Å². The van der Waals surface area contributed by atoms with E-state index in [1.54, 1.807) is 0 Å². The largest absolute Gasteiger partial charge is 0.640 e. The number of hydrogen-bond acceptors (Lipinski definition) is 3. The molecule has 3 rings (SSSR count). The zero-order valence-electron chi connectivity index (χ0n) is 23.8. The Morgan fingerprint density at radius 2 is 0.794 bits per heavy atom. The van der Waals surface area contributed by atoms with Gasteiger partial charge in [-0.15, -0.1) is 0 Å². The Kier molecular flexibility index (Phi) is 10.9. The van der Waals surface area contributed by atoms with Crippen LogP contribution in [-0.4, -0.2) is 24.1 Å². The average Bonchev–Trinajstić information content (AvgIpc) is 2.89. The molecule has 3 aliphatic carbocycles. The summed E-state index contributed by atoms with van der Waals surface area (Å²) in [6, 6.07) is 0. The van der Waals surface area contributed by atoms with Crippen molar-refractivity contribution in [3.05, 3.63) is 0 Å². The highest BCUT2D eigenvalue weighted by atomic mass is 16.8.